The number of hydrogen-bond acceptors (Lipinski definition) is 4. The Hall–Kier alpha value is -3.03. The van der Waals surface area contributed by atoms with Gasteiger partial charge in [0.25, 0.3) is 5.91 Å². The average Bonchev–Trinajstić information content (AvgIpc) is 3.13. The maximum absolute atomic E-state index is 12.5. The molecule has 8 heteroatoms. The minimum Gasteiger partial charge on any atom is -0.480 e. The van der Waals surface area contributed by atoms with Crippen molar-refractivity contribution >= 4 is 11.9 Å². The van der Waals surface area contributed by atoms with Crippen LogP contribution in [0.3, 0.4) is 0 Å². The standard InChI is InChI=1S/C20H25N5O3/c1-23(2)20(27)24-9-10-25-16(13-24)11-15(22-25)12-21-19(26)18-8-7-14-5-3-4-6-17(14)28-18/h3-6,11,18H,7-10,12-13H2,1-2H3,(H,21,26). The quantitative estimate of drug-likeness (QED) is 0.869. The molecule has 28 heavy (non-hydrogen) atoms. The highest BCUT2D eigenvalue weighted by Gasteiger charge is 2.27. The van der Waals surface area contributed by atoms with Crippen molar-refractivity contribution in [1.29, 1.82) is 0 Å². The number of nitrogens with zero attached hydrogens (tertiary/aromatic N) is 4. The number of aryl methyl sites for hydroxylation is 1. The molecule has 2 aliphatic rings. The second-order valence-electron chi connectivity index (χ2n) is 7.42. The van der Waals surface area contributed by atoms with Gasteiger partial charge in [0, 0.05) is 20.6 Å². The van der Waals surface area contributed by atoms with Crippen molar-refractivity contribution in [1.82, 2.24) is 24.9 Å². The minimum atomic E-state index is -0.472. The normalized spacial score (nSPS) is 17.9. The second kappa shape index (κ2) is 7.53. The predicted octanol–water partition coefficient (Wildman–Crippen LogP) is 1.39. The summed E-state index contributed by atoms with van der Waals surface area (Å²) in [6, 6.07) is 9.78. The molecule has 0 bridgehead atoms. The summed E-state index contributed by atoms with van der Waals surface area (Å²) < 4.78 is 7.75. The number of para-hydroxylation sites is 1. The van der Waals surface area contributed by atoms with Crippen LogP contribution in [0.2, 0.25) is 0 Å². The highest BCUT2D eigenvalue weighted by molar-refractivity contribution is 5.81. The van der Waals surface area contributed by atoms with Crippen LogP contribution < -0.4 is 10.1 Å². The highest BCUT2D eigenvalue weighted by atomic mass is 16.5. The van der Waals surface area contributed by atoms with E-state index in [9.17, 15) is 9.59 Å². The summed E-state index contributed by atoms with van der Waals surface area (Å²) in [5, 5.41) is 7.48. The Morgan fingerprint density at radius 3 is 2.93 bits per heavy atom. The number of benzene rings is 1. The van der Waals surface area contributed by atoms with Crippen LogP contribution in [0.5, 0.6) is 5.75 Å². The van der Waals surface area contributed by atoms with Gasteiger partial charge in [-0.15, -0.1) is 0 Å². The van der Waals surface area contributed by atoms with Crippen molar-refractivity contribution in [2.24, 2.45) is 0 Å². The zero-order valence-corrected chi connectivity index (χ0v) is 16.2. The SMILES string of the molecule is CN(C)C(=O)N1CCn2nc(CNC(=O)C3CCc4ccccc4O3)cc2C1. The molecule has 2 aliphatic heterocycles. The van der Waals surface area contributed by atoms with Crippen LogP contribution in [0.15, 0.2) is 30.3 Å². The Morgan fingerprint density at radius 2 is 2.11 bits per heavy atom. The van der Waals surface area contributed by atoms with Crippen molar-refractivity contribution < 1.29 is 14.3 Å². The number of amides is 3. The van der Waals surface area contributed by atoms with Gasteiger partial charge in [-0.1, -0.05) is 18.2 Å². The van der Waals surface area contributed by atoms with E-state index in [1.807, 2.05) is 35.0 Å². The second-order valence-corrected chi connectivity index (χ2v) is 7.42. The average molecular weight is 383 g/mol. The largest absolute Gasteiger partial charge is 0.480 e. The molecule has 0 fully saturated rings. The van der Waals surface area contributed by atoms with Gasteiger partial charge in [-0.25, -0.2) is 4.79 Å². The Kier molecular flexibility index (Phi) is 4.93. The molecular weight excluding hydrogens is 358 g/mol. The van der Waals surface area contributed by atoms with Gasteiger partial charge in [-0.2, -0.15) is 5.10 Å². The van der Waals surface area contributed by atoms with Crippen molar-refractivity contribution in [2.75, 3.05) is 20.6 Å². The molecule has 1 unspecified atom stereocenters. The third kappa shape index (κ3) is 3.67. The molecule has 1 atom stereocenters. The van der Waals surface area contributed by atoms with E-state index in [0.29, 0.717) is 32.6 Å². The molecule has 0 saturated heterocycles. The first-order valence-electron chi connectivity index (χ1n) is 9.55. The molecule has 8 nitrogen and oxygen atoms in total. The van der Waals surface area contributed by atoms with Crippen LogP contribution in [0.4, 0.5) is 4.79 Å². The van der Waals surface area contributed by atoms with Crippen molar-refractivity contribution in [3.05, 3.63) is 47.3 Å². The van der Waals surface area contributed by atoms with Crippen LogP contribution in [0.25, 0.3) is 0 Å². The van der Waals surface area contributed by atoms with Crippen molar-refractivity contribution in [3.63, 3.8) is 0 Å². The summed E-state index contributed by atoms with van der Waals surface area (Å²) in [7, 11) is 3.50. The number of carbonyl (C=O) groups excluding carboxylic acids is 2. The molecule has 148 valence electrons. The molecule has 2 aromatic rings. The first-order valence-corrected chi connectivity index (χ1v) is 9.55. The molecule has 3 amide bonds. The topological polar surface area (TPSA) is 79.7 Å². The maximum Gasteiger partial charge on any atom is 0.319 e. The molecule has 1 aromatic heterocycles. The zero-order chi connectivity index (χ0) is 19.7. The van der Waals surface area contributed by atoms with E-state index in [1.165, 1.54) is 0 Å². The number of rotatable bonds is 3. The van der Waals surface area contributed by atoms with Crippen LogP contribution in [0, 0.1) is 0 Å². The van der Waals surface area contributed by atoms with E-state index in [4.69, 9.17) is 4.74 Å². The summed E-state index contributed by atoms with van der Waals surface area (Å²) in [6.45, 7) is 2.17. The van der Waals surface area contributed by atoms with Gasteiger partial charge < -0.3 is 19.9 Å². The minimum absolute atomic E-state index is 0.00275. The number of carbonyl (C=O) groups is 2. The van der Waals surface area contributed by atoms with E-state index in [-0.39, 0.29) is 11.9 Å². The summed E-state index contributed by atoms with van der Waals surface area (Å²) >= 11 is 0. The fraction of sp³-hybridized carbons (Fsp3) is 0.450. The highest BCUT2D eigenvalue weighted by Crippen LogP contribution is 2.27. The molecule has 1 aromatic carbocycles. The number of nitrogens with one attached hydrogen (secondary N) is 1. The lowest BCUT2D eigenvalue weighted by atomic mass is 10.0. The van der Waals surface area contributed by atoms with E-state index >= 15 is 0 Å². The number of aromatic nitrogens is 2. The summed E-state index contributed by atoms with van der Waals surface area (Å²) in [6.07, 6.45) is 1.03. The first-order chi connectivity index (χ1) is 13.5. The predicted molar refractivity (Wildman–Crippen MR) is 103 cm³/mol. The van der Waals surface area contributed by atoms with E-state index in [1.54, 1.807) is 23.9 Å². The molecule has 1 N–H and O–H groups in total. The van der Waals surface area contributed by atoms with Crippen molar-refractivity contribution in [2.45, 2.75) is 38.6 Å². The molecule has 0 aliphatic carbocycles. The number of urea groups is 1. The lowest BCUT2D eigenvalue weighted by Crippen LogP contribution is -2.43. The Labute approximate surface area is 164 Å². The number of hydrogen-bond donors (Lipinski definition) is 1. The Morgan fingerprint density at radius 1 is 1.29 bits per heavy atom. The third-order valence-electron chi connectivity index (χ3n) is 5.16. The monoisotopic (exact) mass is 383 g/mol. The Bertz CT molecular complexity index is 892. The van der Waals surface area contributed by atoms with Gasteiger partial charge in [0.2, 0.25) is 0 Å². The van der Waals surface area contributed by atoms with E-state index < -0.39 is 6.10 Å². The third-order valence-corrected chi connectivity index (χ3v) is 5.16. The Balaban J connectivity index is 1.34. The van der Waals surface area contributed by atoms with Gasteiger partial charge in [0.1, 0.15) is 5.75 Å². The van der Waals surface area contributed by atoms with Gasteiger partial charge in [0.05, 0.1) is 31.0 Å². The van der Waals surface area contributed by atoms with Crippen LogP contribution in [-0.2, 0) is 30.8 Å². The van der Waals surface area contributed by atoms with Crippen LogP contribution >= 0.6 is 0 Å². The molecule has 4 rings (SSSR count). The van der Waals surface area contributed by atoms with Crippen molar-refractivity contribution in [3.8, 4) is 5.75 Å². The molecule has 3 heterocycles. The summed E-state index contributed by atoms with van der Waals surface area (Å²) in [5.74, 6) is 0.668. The van der Waals surface area contributed by atoms with E-state index in [0.717, 1.165) is 29.1 Å². The maximum atomic E-state index is 12.5. The summed E-state index contributed by atoms with van der Waals surface area (Å²) in [4.78, 5) is 28.0. The van der Waals surface area contributed by atoms with Gasteiger partial charge >= 0.3 is 6.03 Å². The number of fused-ring (bicyclic) bond motifs is 2. The van der Waals surface area contributed by atoms with Gasteiger partial charge in [-0.3, -0.25) is 9.48 Å². The first kappa shape index (κ1) is 18.3. The molecular formula is C20H25N5O3. The van der Waals surface area contributed by atoms with Crippen LogP contribution in [-0.4, -0.2) is 58.3 Å². The number of ether oxygens (including phenoxy) is 1. The zero-order valence-electron chi connectivity index (χ0n) is 16.2. The molecule has 0 radical (unpaired) electrons. The van der Waals surface area contributed by atoms with Gasteiger partial charge in [-0.05, 0) is 30.5 Å². The van der Waals surface area contributed by atoms with Gasteiger partial charge in [0.15, 0.2) is 6.10 Å². The smallest absolute Gasteiger partial charge is 0.319 e. The lowest BCUT2D eigenvalue weighted by Gasteiger charge is -2.29. The molecule has 0 saturated carbocycles. The lowest BCUT2D eigenvalue weighted by molar-refractivity contribution is -0.128. The summed E-state index contributed by atoms with van der Waals surface area (Å²) in [5.41, 5.74) is 2.91. The molecule has 0 spiro atoms. The van der Waals surface area contributed by atoms with Crippen LogP contribution in [0.1, 0.15) is 23.4 Å². The van der Waals surface area contributed by atoms with E-state index in [2.05, 4.69) is 10.4 Å². The fourth-order valence-electron chi connectivity index (χ4n) is 3.66. The fourth-order valence-corrected chi connectivity index (χ4v) is 3.66.